The number of aromatic nitrogens is 4. The first-order valence-electron chi connectivity index (χ1n) is 10.2. The molecule has 9 nitrogen and oxygen atoms in total. The van der Waals surface area contributed by atoms with Gasteiger partial charge in [0.2, 0.25) is 10.0 Å². The fourth-order valence-electron chi connectivity index (χ4n) is 3.33. The molecule has 0 saturated heterocycles. The lowest BCUT2D eigenvalue weighted by atomic mass is 10.1. The van der Waals surface area contributed by atoms with Gasteiger partial charge in [0.05, 0.1) is 32.7 Å². The molecule has 3 rings (SSSR count). The second-order valence-corrected chi connectivity index (χ2v) is 8.89. The molecule has 2 heterocycles. The number of nitrogens with zero attached hydrogens (tertiary/aromatic N) is 5. The number of aryl methyl sites for hydroxylation is 2. The Morgan fingerprint density at radius 3 is 2.45 bits per heavy atom. The van der Waals surface area contributed by atoms with Crippen molar-refractivity contribution in [3.63, 3.8) is 0 Å². The van der Waals surface area contributed by atoms with Gasteiger partial charge < -0.3 is 9.47 Å². The largest absolute Gasteiger partial charge is 0.493 e. The molecule has 0 spiro atoms. The molecule has 0 aliphatic carbocycles. The number of methoxy groups -OCH3 is 2. The summed E-state index contributed by atoms with van der Waals surface area (Å²) in [4.78, 5) is 0.184. The second kappa shape index (κ2) is 9.97. The summed E-state index contributed by atoms with van der Waals surface area (Å²) in [7, 11) is -0.576. The Balaban J connectivity index is 1.88. The normalized spacial score (nSPS) is 11.8. The highest BCUT2D eigenvalue weighted by Gasteiger charge is 2.27. The molecule has 0 bridgehead atoms. The van der Waals surface area contributed by atoms with Crippen LogP contribution in [-0.4, -0.2) is 53.0 Å². The van der Waals surface area contributed by atoms with Gasteiger partial charge in [0.25, 0.3) is 0 Å². The van der Waals surface area contributed by atoms with Crippen molar-refractivity contribution in [3.05, 3.63) is 54.1 Å². The number of ether oxygens (including phenoxy) is 2. The van der Waals surface area contributed by atoms with E-state index in [1.165, 1.54) is 10.5 Å². The number of hydrogen-bond acceptors (Lipinski definition) is 6. The monoisotopic (exact) mass is 447 g/mol. The third-order valence-corrected chi connectivity index (χ3v) is 6.91. The van der Waals surface area contributed by atoms with Gasteiger partial charge in [-0.2, -0.15) is 14.5 Å². The van der Waals surface area contributed by atoms with Crippen molar-refractivity contribution < 1.29 is 17.9 Å². The first-order valence-corrected chi connectivity index (χ1v) is 11.6. The highest BCUT2D eigenvalue weighted by Crippen LogP contribution is 2.28. The minimum Gasteiger partial charge on any atom is -0.493 e. The number of hydrogen-bond donors (Lipinski definition) is 0. The molecule has 1 aromatic carbocycles. The van der Waals surface area contributed by atoms with Crippen LogP contribution in [0.15, 0.2) is 47.8 Å². The fraction of sp³-hybridized carbons (Fsp3) is 0.429. The van der Waals surface area contributed by atoms with Crippen molar-refractivity contribution in [1.29, 1.82) is 0 Å². The van der Waals surface area contributed by atoms with E-state index in [9.17, 15) is 8.42 Å². The Morgan fingerprint density at radius 1 is 1.03 bits per heavy atom. The molecule has 31 heavy (non-hydrogen) atoms. The van der Waals surface area contributed by atoms with E-state index in [-0.39, 0.29) is 11.4 Å². The summed E-state index contributed by atoms with van der Waals surface area (Å²) in [6, 6.07) is 7.45. The Hall–Kier alpha value is -2.85. The summed E-state index contributed by atoms with van der Waals surface area (Å²) in [5, 5.41) is 8.41. The predicted octanol–water partition coefficient (Wildman–Crippen LogP) is 2.57. The molecular weight excluding hydrogens is 418 g/mol. The summed E-state index contributed by atoms with van der Waals surface area (Å²) in [5.41, 5.74) is 1.78. The molecule has 0 aliphatic rings. The van der Waals surface area contributed by atoms with Crippen molar-refractivity contribution in [2.45, 2.75) is 44.8 Å². The first kappa shape index (κ1) is 22.8. The maximum Gasteiger partial charge on any atom is 0.246 e. The highest BCUT2D eigenvalue weighted by molar-refractivity contribution is 7.89. The van der Waals surface area contributed by atoms with Gasteiger partial charge in [0.15, 0.2) is 11.5 Å². The molecule has 0 unspecified atom stereocenters. The number of rotatable bonds is 11. The smallest absolute Gasteiger partial charge is 0.246 e. The van der Waals surface area contributed by atoms with Crippen LogP contribution >= 0.6 is 0 Å². The minimum atomic E-state index is -3.74. The third-order valence-electron chi connectivity index (χ3n) is 5.11. The molecule has 0 N–H and O–H groups in total. The maximum absolute atomic E-state index is 13.4. The van der Waals surface area contributed by atoms with Crippen LogP contribution < -0.4 is 9.47 Å². The van der Waals surface area contributed by atoms with E-state index < -0.39 is 10.0 Å². The van der Waals surface area contributed by atoms with Gasteiger partial charge in [-0.25, -0.2) is 8.42 Å². The fourth-order valence-corrected chi connectivity index (χ4v) is 4.70. The molecule has 0 fully saturated rings. The molecule has 10 heteroatoms. The summed E-state index contributed by atoms with van der Waals surface area (Å²) in [6.07, 6.45) is 5.17. The van der Waals surface area contributed by atoms with E-state index in [1.807, 2.05) is 38.1 Å². The standard InChI is InChI=1S/C21H29N5O4S/c1-5-24-16-19(14-23-24)31(27,28)25(15-18-9-11-22-26(18)6-2)12-10-17-7-8-20(29-3)21(13-17)30-4/h7-9,11,13-14,16H,5-6,10,12,15H2,1-4H3. The van der Waals surface area contributed by atoms with Gasteiger partial charge in [0.1, 0.15) is 4.90 Å². The van der Waals surface area contributed by atoms with Gasteiger partial charge in [-0.3, -0.25) is 9.36 Å². The van der Waals surface area contributed by atoms with E-state index >= 15 is 0 Å². The first-order chi connectivity index (χ1) is 14.9. The average molecular weight is 448 g/mol. The topological polar surface area (TPSA) is 91.5 Å². The Kier molecular flexibility index (Phi) is 7.34. The Labute approximate surface area is 183 Å². The zero-order valence-corrected chi connectivity index (χ0v) is 19.2. The van der Waals surface area contributed by atoms with Crippen LogP contribution in [-0.2, 0) is 36.1 Å². The summed E-state index contributed by atoms with van der Waals surface area (Å²) in [6.45, 7) is 5.68. The number of sulfonamides is 1. The summed E-state index contributed by atoms with van der Waals surface area (Å²) in [5.74, 6) is 1.25. The van der Waals surface area contributed by atoms with E-state index in [2.05, 4.69) is 10.2 Å². The van der Waals surface area contributed by atoms with Gasteiger partial charge in [-0.15, -0.1) is 0 Å². The van der Waals surface area contributed by atoms with Crippen LogP contribution in [0.1, 0.15) is 25.1 Å². The van der Waals surface area contributed by atoms with E-state index in [4.69, 9.17) is 9.47 Å². The lowest BCUT2D eigenvalue weighted by molar-refractivity contribution is 0.354. The summed E-state index contributed by atoms with van der Waals surface area (Å²) >= 11 is 0. The van der Waals surface area contributed by atoms with Crippen molar-refractivity contribution in [3.8, 4) is 11.5 Å². The average Bonchev–Trinajstić information content (AvgIpc) is 3.45. The van der Waals surface area contributed by atoms with Crippen LogP contribution in [0.25, 0.3) is 0 Å². The second-order valence-electron chi connectivity index (χ2n) is 6.95. The molecule has 0 amide bonds. The van der Waals surface area contributed by atoms with E-state index in [0.717, 1.165) is 11.3 Å². The minimum absolute atomic E-state index is 0.184. The van der Waals surface area contributed by atoms with Crippen molar-refractivity contribution in [2.75, 3.05) is 20.8 Å². The van der Waals surface area contributed by atoms with Crippen LogP contribution in [0, 0.1) is 0 Å². The van der Waals surface area contributed by atoms with Crippen molar-refractivity contribution in [1.82, 2.24) is 23.9 Å². The molecule has 0 aliphatic heterocycles. The lowest BCUT2D eigenvalue weighted by Crippen LogP contribution is -2.33. The van der Waals surface area contributed by atoms with E-state index in [1.54, 1.807) is 36.0 Å². The van der Waals surface area contributed by atoms with Crippen LogP contribution in [0.4, 0.5) is 0 Å². The number of benzene rings is 1. The molecule has 168 valence electrons. The maximum atomic E-state index is 13.4. The Bertz CT molecular complexity index is 1110. The van der Waals surface area contributed by atoms with Crippen molar-refractivity contribution in [2.24, 2.45) is 0 Å². The third kappa shape index (κ3) is 5.08. The van der Waals surface area contributed by atoms with E-state index in [0.29, 0.717) is 37.6 Å². The zero-order chi connectivity index (χ0) is 22.4. The Morgan fingerprint density at radius 2 is 1.81 bits per heavy atom. The van der Waals surface area contributed by atoms with Crippen molar-refractivity contribution >= 4 is 10.0 Å². The molecule has 0 atom stereocenters. The van der Waals surface area contributed by atoms with Gasteiger partial charge in [0, 0.05) is 32.0 Å². The van der Waals surface area contributed by atoms with Crippen LogP contribution in [0.5, 0.6) is 11.5 Å². The lowest BCUT2D eigenvalue weighted by Gasteiger charge is -2.22. The molecular formula is C21H29N5O4S. The quantitative estimate of drug-likeness (QED) is 0.449. The van der Waals surface area contributed by atoms with Gasteiger partial charge >= 0.3 is 0 Å². The zero-order valence-electron chi connectivity index (χ0n) is 18.4. The van der Waals surface area contributed by atoms with Crippen LogP contribution in [0.2, 0.25) is 0 Å². The SMILES string of the molecule is CCn1cc(S(=O)(=O)N(CCc2ccc(OC)c(OC)c2)Cc2ccnn2CC)cn1. The molecule has 0 saturated carbocycles. The van der Waals surface area contributed by atoms with Gasteiger partial charge in [-0.1, -0.05) is 6.07 Å². The molecule has 0 radical (unpaired) electrons. The summed E-state index contributed by atoms with van der Waals surface area (Å²) < 4.78 is 42.4. The van der Waals surface area contributed by atoms with Crippen LogP contribution in [0.3, 0.4) is 0 Å². The molecule has 2 aromatic heterocycles. The predicted molar refractivity (Wildman–Crippen MR) is 117 cm³/mol. The highest BCUT2D eigenvalue weighted by atomic mass is 32.2. The molecule has 3 aromatic rings. The van der Waals surface area contributed by atoms with Gasteiger partial charge in [-0.05, 0) is 44.0 Å².